The van der Waals surface area contributed by atoms with Crippen molar-refractivity contribution in [1.29, 1.82) is 0 Å². The first-order valence-corrected chi connectivity index (χ1v) is 4.87. The largest absolute Gasteiger partial charge is 0.117 e. The van der Waals surface area contributed by atoms with Gasteiger partial charge in [-0.25, -0.2) is 0 Å². The summed E-state index contributed by atoms with van der Waals surface area (Å²) >= 11 is 8.80. The molecule has 46 valence electrons. The van der Waals surface area contributed by atoms with Gasteiger partial charge in [-0.1, -0.05) is 15.9 Å². The van der Waals surface area contributed by atoms with Gasteiger partial charge in [0, 0.05) is 9.57 Å². The summed E-state index contributed by atoms with van der Waals surface area (Å²) in [5, 5.41) is 0. The van der Waals surface area contributed by atoms with Crippen LogP contribution in [0.1, 0.15) is 6.92 Å². The first-order chi connectivity index (χ1) is 3.60. The number of halogens is 2. The fraction of sp³-hybridized carbons (Fsp3) is 0.600. The molecule has 0 aromatic heterocycles. The molecule has 0 saturated carbocycles. The van der Waals surface area contributed by atoms with Gasteiger partial charge < -0.3 is 0 Å². The summed E-state index contributed by atoms with van der Waals surface area (Å²) < 4.78 is 1.48. The molecule has 0 amide bonds. The highest BCUT2D eigenvalue weighted by molar-refractivity contribution is 9.14. The molecule has 0 radical (unpaired) electrons. The molecule has 1 atom stereocenters. The van der Waals surface area contributed by atoms with Gasteiger partial charge in [-0.05, 0) is 28.9 Å². The third-order valence-corrected chi connectivity index (χ3v) is 3.84. The summed E-state index contributed by atoms with van der Waals surface area (Å²) in [4.78, 5) is 0. The third kappa shape index (κ3) is 1.78. The topological polar surface area (TPSA) is 0 Å². The maximum Gasteiger partial charge on any atom is 0.0521 e. The van der Waals surface area contributed by atoms with E-state index < -0.39 is 0 Å². The lowest BCUT2D eigenvalue weighted by Gasteiger charge is -2.07. The second-order valence-corrected chi connectivity index (χ2v) is 6.22. The molecular weight excluding hydrogens is 252 g/mol. The van der Waals surface area contributed by atoms with Crippen LogP contribution >= 0.6 is 43.6 Å². The van der Waals surface area contributed by atoms with Gasteiger partial charge in [0.2, 0.25) is 0 Å². The monoisotopic (exact) mass is 256 g/mol. The number of allylic oxidation sites excluding steroid dienone is 1. The molecule has 1 rings (SSSR count). The van der Waals surface area contributed by atoms with E-state index in [2.05, 4.69) is 44.9 Å². The van der Waals surface area contributed by atoms with Crippen molar-refractivity contribution in [1.82, 2.24) is 0 Å². The van der Waals surface area contributed by atoms with Crippen molar-refractivity contribution in [2.45, 2.75) is 11.2 Å². The first kappa shape index (κ1) is 7.16. The number of thioether (sulfide) groups is 1. The first-order valence-electron chi connectivity index (χ1n) is 2.30. The van der Waals surface area contributed by atoms with Gasteiger partial charge in [0.1, 0.15) is 0 Å². The van der Waals surface area contributed by atoms with E-state index in [0.29, 0.717) is 0 Å². The number of rotatable bonds is 0. The Morgan fingerprint density at radius 1 is 1.88 bits per heavy atom. The molecule has 0 bridgehead atoms. The Labute approximate surface area is 70.4 Å². The number of hydrogen-bond donors (Lipinski definition) is 0. The SMILES string of the molecule is CC1(Br)C=C(Br)SC1. The zero-order valence-corrected chi connectivity index (χ0v) is 8.44. The molecule has 0 N–H and O–H groups in total. The lowest BCUT2D eigenvalue weighted by atomic mass is 10.2. The summed E-state index contributed by atoms with van der Waals surface area (Å²) in [6.45, 7) is 2.16. The van der Waals surface area contributed by atoms with E-state index in [1.807, 2.05) is 11.8 Å². The van der Waals surface area contributed by atoms with Gasteiger partial charge in [0.25, 0.3) is 0 Å². The average molecular weight is 258 g/mol. The molecular formula is C5H6Br2S. The smallest absolute Gasteiger partial charge is 0.0521 e. The van der Waals surface area contributed by atoms with Crippen molar-refractivity contribution >= 4 is 43.6 Å². The quantitative estimate of drug-likeness (QED) is 0.601. The molecule has 0 saturated heterocycles. The fourth-order valence-electron chi connectivity index (χ4n) is 0.530. The van der Waals surface area contributed by atoms with Gasteiger partial charge in [-0.3, -0.25) is 0 Å². The van der Waals surface area contributed by atoms with Crippen molar-refractivity contribution in [2.24, 2.45) is 0 Å². The van der Waals surface area contributed by atoms with Crippen molar-refractivity contribution in [3.05, 3.63) is 9.89 Å². The minimum atomic E-state index is 0.233. The van der Waals surface area contributed by atoms with E-state index in [0.717, 1.165) is 5.75 Å². The molecule has 0 nitrogen and oxygen atoms in total. The molecule has 8 heavy (non-hydrogen) atoms. The predicted molar refractivity (Wildman–Crippen MR) is 46.8 cm³/mol. The van der Waals surface area contributed by atoms with Crippen LogP contribution in [0.15, 0.2) is 9.89 Å². The lowest BCUT2D eigenvalue weighted by Crippen LogP contribution is -2.09. The van der Waals surface area contributed by atoms with E-state index in [1.165, 1.54) is 3.81 Å². The number of alkyl halides is 1. The van der Waals surface area contributed by atoms with Gasteiger partial charge in [-0.2, -0.15) is 0 Å². The van der Waals surface area contributed by atoms with Gasteiger partial charge in [0.05, 0.1) is 4.32 Å². The molecule has 0 fully saturated rings. The number of hydrogen-bond acceptors (Lipinski definition) is 1. The maximum absolute atomic E-state index is 3.56. The van der Waals surface area contributed by atoms with Crippen LogP contribution in [-0.4, -0.2) is 10.1 Å². The van der Waals surface area contributed by atoms with E-state index >= 15 is 0 Å². The van der Waals surface area contributed by atoms with Crippen LogP contribution in [-0.2, 0) is 0 Å². The Morgan fingerprint density at radius 2 is 2.50 bits per heavy atom. The van der Waals surface area contributed by atoms with Crippen LogP contribution in [0.2, 0.25) is 0 Å². The molecule has 0 aliphatic carbocycles. The molecule has 1 aliphatic heterocycles. The van der Waals surface area contributed by atoms with Gasteiger partial charge in [-0.15, -0.1) is 11.8 Å². The minimum Gasteiger partial charge on any atom is -0.117 e. The summed E-state index contributed by atoms with van der Waals surface area (Å²) in [5.41, 5.74) is 0. The fourth-order valence-corrected chi connectivity index (χ4v) is 3.26. The zero-order valence-electron chi connectivity index (χ0n) is 4.45. The van der Waals surface area contributed by atoms with Crippen LogP contribution in [0.3, 0.4) is 0 Å². The Kier molecular flexibility index (Phi) is 2.10. The van der Waals surface area contributed by atoms with Crippen LogP contribution in [0.4, 0.5) is 0 Å². The zero-order chi connectivity index (χ0) is 6.20. The average Bonchev–Trinajstić information content (AvgIpc) is 1.82. The molecule has 0 aromatic rings. The minimum absolute atomic E-state index is 0.233. The Balaban J connectivity index is 2.67. The van der Waals surface area contributed by atoms with E-state index in [9.17, 15) is 0 Å². The second-order valence-electron chi connectivity index (χ2n) is 2.02. The van der Waals surface area contributed by atoms with E-state index in [-0.39, 0.29) is 4.32 Å². The maximum atomic E-state index is 3.56. The summed E-state index contributed by atoms with van der Waals surface area (Å²) in [5.74, 6) is 1.13. The van der Waals surface area contributed by atoms with Crippen molar-refractivity contribution in [2.75, 3.05) is 5.75 Å². The van der Waals surface area contributed by atoms with Crippen LogP contribution in [0.5, 0.6) is 0 Å². The highest BCUT2D eigenvalue weighted by Crippen LogP contribution is 2.40. The summed E-state index contributed by atoms with van der Waals surface area (Å²) in [6, 6.07) is 0. The third-order valence-electron chi connectivity index (χ3n) is 0.907. The second kappa shape index (κ2) is 2.35. The van der Waals surface area contributed by atoms with Crippen LogP contribution in [0.25, 0.3) is 0 Å². The van der Waals surface area contributed by atoms with Crippen LogP contribution < -0.4 is 0 Å². The normalized spacial score (nSPS) is 37.6. The van der Waals surface area contributed by atoms with Gasteiger partial charge in [0.15, 0.2) is 0 Å². The Bertz CT molecular complexity index is 128. The summed E-state index contributed by atoms with van der Waals surface area (Å²) in [7, 11) is 0. The van der Waals surface area contributed by atoms with E-state index in [4.69, 9.17) is 0 Å². The standard InChI is InChI=1S/C5H6Br2S/c1-5(7)2-4(6)8-3-5/h2H,3H2,1H3. The molecule has 0 aromatic carbocycles. The van der Waals surface area contributed by atoms with Crippen LogP contribution in [0, 0.1) is 0 Å². The molecule has 1 heterocycles. The predicted octanol–water partition coefficient (Wildman–Crippen LogP) is 3.12. The molecule has 1 aliphatic rings. The highest BCUT2D eigenvalue weighted by atomic mass is 79.9. The Hall–Kier alpha value is 1.05. The molecule has 0 spiro atoms. The lowest BCUT2D eigenvalue weighted by molar-refractivity contribution is 0.951. The Morgan fingerprint density at radius 3 is 2.62 bits per heavy atom. The van der Waals surface area contributed by atoms with Gasteiger partial charge >= 0.3 is 0 Å². The van der Waals surface area contributed by atoms with Crippen molar-refractivity contribution < 1.29 is 0 Å². The van der Waals surface area contributed by atoms with E-state index in [1.54, 1.807) is 0 Å². The van der Waals surface area contributed by atoms with Crippen molar-refractivity contribution in [3.8, 4) is 0 Å². The van der Waals surface area contributed by atoms with Crippen molar-refractivity contribution in [3.63, 3.8) is 0 Å². The summed E-state index contributed by atoms with van der Waals surface area (Å²) in [6.07, 6.45) is 2.18. The molecule has 3 heteroatoms. The highest BCUT2D eigenvalue weighted by Gasteiger charge is 2.23. The molecule has 1 unspecified atom stereocenters.